The monoisotopic (exact) mass is 404 g/mol. The highest BCUT2D eigenvalue weighted by atomic mass is 35.5. The first-order valence-corrected chi connectivity index (χ1v) is 9.57. The summed E-state index contributed by atoms with van der Waals surface area (Å²) in [5.41, 5.74) is 0.842. The number of carbonyl (C=O) groups is 1. The van der Waals surface area contributed by atoms with Gasteiger partial charge in [0.1, 0.15) is 29.1 Å². The van der Waals surface area contributed by atoms with Crippen molar-refractivity contribution in [2.75, 3.05) is 0 Å². The predicted octanol–water partition coefficient (Wildman–Crippen LogP) is 5.64. The molecule has 146 valence electrons. The maximum atomic E-state index is 14.3. The number of halogens is 3. The Labute approximate surface area is 166 Å². The lowest BCUT2D eigenvalue weighted by Crippen LogP contribution is -2.37. The molecule has 0 spiro atoms. The number of carbonyl (C=O) groups excluding carboxylic acids is 1. The van der Waals surface area contributed by atoms with E-state index in [0.717, 1.165) is 12.1 Å². The van der Waals surface area contributed by atoms with Crippen LogP contribution in [0.1, 0.15) is 37.8 Å². The van der Waals surface area contributed by atoms with Crippen LogP contribution in [0.3, 0.4) is 0 Å². The fourth-order valence-electron chi connectivity index (χ4n) is 4.10. The van der Waals surface area contributed by atoms with E-state index in [1.807, 2.05) is 6.92 Å². The smallest absolute Gasteiger partial charge is 0.195 e. The summed E-state index contributed by atoms with van der Waals surface area (Å²) in [6.45, 7) is 3.65. The molecule has 0 saturated carbocycles. The highest BCUT2D eigenvalue weighted by Crippen LogP contribution is 2.45. The minimum Gasteiger partial charge on any atom is -0.508 e. The van der Waals surface area contributed by atoms with Gasteiger partial charge in [-0.25, -0.2) is 8.78 Å². The van der Waals surface area contributed by atoms with Crippen LogP contribution in [0.15, 0.2) is 36.1 Å². The van der Waals surface area contributed by atoms with E-state index in [1.165, 1.54) is 0 Å². The van der Waals surface area contributed by atoms with Gasteiger partial charge in [-0.3, -0.25) is 4.79 Å². The second-order valence-electron chi connectivity index (χ2n) is 7.43. The Kier molecular flexibility index (Phi) is 4.55. The second kappa shape index (κ2) is 6.68. The van der Waals surface area contributed by atoms with Crippen LogP contribution in [0.4, 0.5) is 8.78 Å². The Morgan fingerprint density at radius 1 is 1.25 bits per heavy atom. The van der Waals surface area contributed by atoms with Crippen molar-refractivity contribution in [3.63, 3.8) is 0 Å². The number of hydrogen-bond acceptors (Lipinski definition) is 3. The van der Waals surface area contributed by atoms with Crippen LogP contribution in [-0.2, 0) is 16.0 Å². The van der Waals surface area contributed by atoms with Gasteiger partial charge < -0.3 is 9.84 Å². The van der Waals surface area contributed by atoms with Crippen LogP contribution >= 0.6 is 11.6 Å². The van der Waals surface area contributed by atoms with Crippen LogP contribution in [0.2, 0.25) is 5.02 Å². The summed E-state index contributed by atoms with van der Waals surface area (Å²) in [7, 11) is 0. The third kappa shape index (κ3) is 2.85. The normalized spacial score (nSPS) is 24.2. The minimum atomic E-state index is -0.869. The molecule has 2 atom stereocenters. The first-order valence-electron chi connectivity index (χ1n) is 9.19. The molecule has 3 nitrogen and oxygen atoms in total. The third-order valence-corrected chi connectivity index (χ3v) is 5.83. The molecule has 1 saturated heterocycles. The molecule has 2 aromatic rings. The number of fused-ring (bicyclic) bond motifs is 2. The van der Waals surface area contributed by atoms with Crippen LogP contribution in [-0.4, -0.2) is 22.6 Å². The van der Waals surface area contributed by atoms with E-state index in [4.69, 9.17) is 16.3 Å². The first-order chi connectivity index (χ1) is 13.2. The molecule has 2 aromatic carbocycles. The molecule has 2 bridgehead atoms. The van der Waals surface area contributed by atoms with Crippen molar-refractivity contribution in [3.8, 4) is 11.1 Å². The van der Waals surface area contributed by atoms with E-state index in [2.05, 4.69) is 0 Å². The van der Waals surface area contributed by atoms with Gasteiger partial charge in [0.15, 0.2) is 5.78 Å². The Balaban J connectivity index is 1.87. The summed E-state index contributed by atoms with van der Waals surface area (Å²) in [6.07, 6.45) is 1.08. The van der Waals surface area contributed by atoms with Gasteiger partial charge in [-0.15, -0.1) is 0 Å². The number of ether oxygens (including phenoxy) is 1. The zero-order valence-corrected chi connectivity index (χ0v) is 16.2. The molecular weight excluding hydrogens is 386 g/mol. The van der Waals surface area contributed by atoms with Crippen molar-refractivity contribution >= 4 is 23.0 Å². The van der Waals surface area contributed by atoms with E-state index >= 15 is 0 Å². The quantitative estimate of drug-likeness (QED) is 0.720. The van der Waals surface area contributed by atoms with Gasteiger partial charge in [0.05, 0.1) is 11.1 Å². The maximum Gasteiger partial charge on any atom is 0.195 e. The zero-order valence-electron chi connectivity index (χ0n) is 15.5. The van der Waals surface area contributed by atoms with Crippen molar-refractivity contribution in [1.82, 2.24) is 0 Å². The summed E-state index contributed by atoms with van der Waals surface area (Å²) in [5, 5.41) is 10.7. The summed E-state index contributed by atoms with van der Waals surface area (Å²) < 4.78 is 34.4. The number of aliphatic hydroxyl groups excluding tert-OH is 1. The Bertz CT molecular complexity index is 1010. The van der Waals surface area contributed by atoms with E-state index in [-0.39, 0.29) is 27.7 Å². The maximum absolute atomic E-state index is 14.3. The third-order valence-electron chi connectivity index (χ3n) is 5.61. The Morgan fingerprint density at radius 2 is 1.93 bits per heavy atom. The molecule has 0 amide bonds. The van der Waals surface area contributed by atoms with Gasteiger partial charge in [0, 0.05) is 5.02 Å². The number of Topliss-reactive ketones (excluding diaryl/α,β-unsaturated/α-hetero) is 1. The van der Waals surface area contributed by atoms with Crippen LogP contribution in [0.5, 0.6) is 0 Å². The Morgan fingerprint density at radius 3 is 2.57 bits per heavy atom. The van der Waals surface area contributed by atoms with Gasteiger partial charge in [-0.2, -0.15) is 0 Å². The average molecular weight is 405 g/mol. The number of aryl methyl sites for hydroxylation is 1. The predicted molar refractivity (Wildman–Crippen MR) is 103 cm³/mol. The molecule has 6 heteroatoms. The van der Waals surface area contributed by atoms with Crippen LogP contribution in [0, 0.1) is 11.6 Å². The average Bonchev–Trinajstić information content (AvgIpc) is 3.01. The number of benzene rings is 2. The second-order valence-corrected chi connectivity index (χ2v) is 7.87. The molecule has 0 radical (unpaired) electrons. The van der Waals surface area contributed by atoms with Gasteiger partial charge in [-0.1, -0.05) is 36.7 Å². The summed E-state index contributed by atoms with van der Waals surface area (Å²) >= 11 is 5.71. The molecule has 4 rings (SSSR count). The highest BCUT2D eigenvalue weighted by Gasteiger charge is 2.50. The van der Waals surface area contributed by atoms with Gasteiger partial charge in [0.2, 0.25) is 0 Å². The zero-order chi connectivity index (χ0) is 20.2. The van der Waals surface area contributed by atoms with Crippen molar-refractivity contribution < 1.29 is 23.4 Å². The molecule has 0 aromatic heterocycles. The fourth-order valence-corrected chi connectivity index (χ4v) is 4.29. The van der Waals surface area contributed by atoms with Crippen molar-refractivity contribution in [3.05, 3.63) is 63.9 Å². The molecule has 2 heterocycles. The van der Waals surface area contributed by atoms with E-state index in [1.54, 1.807) is 25.1 Å². The Hall–Kier alpha value is -2.24. The summed E-state index contributed by atoms with van der Waals surface area (Å²) in [4.78, 5) is 12.8. The lowest BCUT2D eigenvalue weighted by atomic mass is 9.86. The first kappa shape index (κ1) is 19.1. The lowest BCUT2D eigenvalue weighted by Gasteiger charge is -2.31. The van der Waals surface area contributed by atoms with Gasteiger partial charge in [0.25, 0.3) is 0 Å². The van der Waals surface area contributed by atoms with E-state index < -0.39 is 23.3 Å². The molecule has 2 aliphatic rings. The number of hydrogen-bond donors (Lipinski definition) is 1. The topological polar surface area (TPSA) is 46.5 Å². The number of aliphatic hydroxyl groups is 1. The highest BCUT2D eigenvalue weighted by molar-refractivity contribution is 6.30. The van der Waals surface area contributed by atoms with Crippen molar-refractivity contribution in [2.24, 2.45) is 0 Å². The molecular formula is C22H19ClF2O3. The van der Waals surface area contributed by atoms with Crippen molar-refractivity contribution in [1.29, 1.82) is 0 Å². The molecule has 0 unspecified atom stereocenters. The molecule has 1 N–H and O–H groups in total. The largest absolute Gasteiger partial charge is 0.508 e. The van der Waals surface area contributed by atoms with Gasteiger partial charge >= 0.3 is 0 Å². The fraction of sp³-hybridized carbons (Fsp3) is 0.318. The number of ketones is 1. The van der Waals surface area contributed by atoms with E-state index in [0.29, 0.717) is 36.0 Å². The van der Waals surface area contributed by atoms with Crippen LogP contribution in [0.25, 0.3) is 16.7 Å². The molecule has 28 heavy (non-hydrogen) atoms. The van der Waals surface area contributed by atoms with E-state index in [9.17, 15) is 18.7 Å². The standard InChI is InChI=1S/C22H19ClF2O3/c1-3-11-8-12(18-15(24)9-13(23)10-16(18)25)4-5-14(11)19-20(26)17-6-7-22(2,28-17)21(19)27/h4-5,8-10,17,27H,3,6-7H2,1-2H3/t17-,22+/m0/s1. The van der Waals surface area contributed by atoms with Gasteiger partial charge in [-0.05, 0) is 55.0 Å². The van der Waals surface area contributed by atoms with Crippen molar-refractivity contribution in [2.45, 2.75) is 44.8 Å². The van der Waals surface area contributed by atoms with Crippen LogP contribution < -0.4 is 0 Å². The minimum absolute atomic E-state index is 0.0160. The summed E-state index contributed by atoms with van der Waals surface area (Å²) in [5.74, 6) is -1.83. The molecule has 2 aliphatic heterocycles. The number of rotatable bonds is 3. The molecule has 0 aliphatic carbocycles. The summed E-state index contributed by atoms with van der Waals surface area (Å²) in [6, 6.07) is 6.97. The SMILES string of the molecule is CCc1cc(-c2c(F)cc(Cl)cc2F)ccc1C1=C(O)[C@@]2(C)CC[C@H](O2)C1=O. The molecule has 1 fully saturated rings. The lowest BCUT2D eigenvalue weighted by molar-refractivity contribution is -0.130.